The lowest BCUT2D eigenvalue weighted by Gasteiger charge is -2.06. The minimum Gasteiger partial charge on any atom is -0.194 e. The Labute approximate surface area is 132 Å². The zero-order valence-corrected chi connectivity index (χ0v) is 13.2. The molecule has 0 amide bonds. The molecule has 2 aromatic carbocycles. The lowest BCUT2D eigenvalue weighted by Crippen LogP contribution is -2.32. The summed E-state index contributed by atoms with van der Waals surface area (Å²) in [6.45, 7) is 0. The number of aryl methyl sites for hydroxylation is 1. The van der Waals surface area contributed by atoms with Crippen LogP contribution in [0.15, 0.2) is 59.5 Å². The molecule has 0 saturated heterocycles. The molecule has 1 aromatic heterocycles. The van der Waals surface area contributed by atoms with Crippen LogP contribution >= 0.6 is 11.6 Å². The molecular formula is C16H12ClFNO2S+. The molecule has 0 aliphatic carbocycles. The van der Waals surface area contributed by atoms with Crippen molar-refractivity contribution in [3.05, 3.63) is 59.6 Å². The minimum absolute atomic E-state index is 0.373. The molecule has 0 radical (unpaired) electrons. The van der Waals surface area contributed by atoms with Crippen molar-refractivity contribution in [1.29, 1.82) is 0 Å². The molecule has 0 unspecified atom stereocenters. The highest BCUT2D eigenvalue weighted by Crippen LogP contribution is 2.28. The minimum atomic E-state index is -4.75. The fourth-order valence-electron chi connectivity index (χ4n) is 2.46. The van der Waals surface area contributed by atoms with Crippen LogP contribution in [0.4, 0.5) is 3.89 Å². The number of pyridine rings is 1. The lowest BCUT2D eigenvalue weighted by atomic mass is 10.1. The quantitative estimate of drug-likeness (QED) is 0.529. The first-order valence-electron chi connectivity index (χ1n) is 6.50. The average Bonchev–Trinajstić information content (AvgIpc) is 2.50. The van der Waals surface area contributed by atoms with Gasteiger partial charge in [0.1, 0.15) is 7.05 Å². The van der Waals surface area contributed by atoms with E-state index in [2.05, 4.69) is 0 Å². The highest BCUT2D eigenvalue weighted by molar-refractivity contribution is 7.86. The van der Waals surface area contributed by atoms with Crippen LogP contribution in [0.3, 0.4) is 0 Å². The molecule has 0 N–H and O–H groups in total. The largest absolute Gasteiger partial charge is 0.332 e. The Morgan fingerprint density at radius 3 is 2.36 bits per heavy atom. The second kappa shape index (κ2) is 5.34. The van der Waals surface area contributed by atoms with Crippen LogP contribution in [0, 0.1) is 0 Å². The van der Waals surface area contributed by atoms with Gasteiger partial charge in [0.2, 0.25) is 11.2 Å². The number of hydrogen-bond donors (Lipinski definition) is 0. The molecule has 0 aliphatic rings. The van der Waals surface area contributed by atoms with Gasteiger partial charge in [0.15, 0.2) is 0 Å². The molecule has 1 heterocycles. The third-order valence-corrected chi connectivity index (χ3v) is 4.69. The van der Waals surface area contributed by atoms with Crippen LogP contribution in [-0.4, -0.2) is 8.42 Å². The fraction of sp³-hybridized carbons (Fsp3) is 0.0625. The van der Waals surface area contributed by atoms with E-state index in [9.17, 15) is 12.3 Å². The Hall–Kier alpha value is -1.98. The molecule has 0 fully saturated rings. The fourth-order valence-corrected chi connectivity index (χ4v) is 3.20. The van der Waals surface area contributed by atoms with E-state index >= 15 is 0 Å². The number of hydrogen-bond acceptors (Lipinski definition) is 2. The molecule has 0 aliphatic heterocycles. The van der Waals surface area contributed by atoms with Gasteiger partial charge in [0, 0.05) is 17.7 Å². The summed E-state index contributed by atoms with van der Waals surface area (Å²) in [4.78, 5) is -0.394. The average molecular weight is 337 g/mol. The molecule has 3 nitrogen and oxygen atoms in total. The maximum atomic E-state index is 13.1. The number of rotatable bonds is 2. The van der Waals surface area contributed by atoms with Gasteiger partial charge in [-0.15, -0.1) is 3.89 Å². The van der Waals surface area contributed by atoms with Gasteiger partial charge < -0.3 is 0 Å². The van der Waals surface area contributed by atoms with Gasteiger partial charge in [-0.1, -0.05) is 29.8 Å². The second-order valence-electron chi connectivity index (χ2n) is 4.92. The van der Waals surface area contributed by atoms with Crippen molar-refractivity contribution in [2.45, 2.75) is 4.90 Å². The van der Waals surface area contributed by atoms with E-state index in [1.54, 1.807) is 12.1 Å². The van der Waals surface area contributed by atoms with Crippen LogP contribution in [0.1, 0.15) is 0 Å². The maximum absolute atomic E-state index is 13.1. The topological polar surface area (TPSA) is 38.0 Å². The van der Waals surface area contributed by atoms with Crippen molar-refractivity contribution in [3.63, 3.8) is 0 Å². The summed E-state index contributed by atoms with van der Waals surface area (Å²) in [5.41, 5.74) is 2.59. The molecule has 6 heteroatoms. The highest BCUT2D eigenvalue weighted by Gasteiger charge is 2.20. The molecule has 3 aromatic rings. The zero-order chi connectivity index (χ0) is 15.9. The Balaban J connectivity index is 2.32. The van der Waals surface area contributed by atoms with Crippen LogP contribution < -0.4 is 4.57 Å². The zero-order valence-electron chi connectivity index (χ0n) is 11.6. The highest BCUT2D eigenvalue weighted by atomic mass is 35.5. The summed E-state index contributed by atoms with van der Waals surface area (Å²) in [6.07, 6.45) is 0. The Morgan fingerprint density at radius 2 is 1.73 bits per heavy atom. The predicted octanol–water partition coefficient (Wildman–Crippen LogP) is 3.64. The molecule has 0 saturated carbocycles. The molecule has 0 spiro atoms. The SMILES string of the molecule is C[n+]1c(-c2ccccc2)cc(Cl)c2cc(S(=O)(=O)F)ccc21. The van der Waals surface area contributed by atoms with Gasteiger partial charge in [0.05, 0.1) is 15.3 Å². The molecule has 112 valence electrons. The number of benzene rings is 2. The third-order valence-electron chi connectivity index (χ3n) is 3.56. The van der Waals surface area contributed by atoms with Gasteiger partial charge in [-0.3, -0.25) is 0 Å². The van der Waals surface area contributed by atoms with Crippen molar-refractivity contribution >= 4 is 32.7 Å². The summed E-state index contributed by atoms with van der Waals surface area (Å²) in [6, 6.07) is 15.5. The van der Waals surface area contributed by atoms with Crippen LogP contribution in [-0.2, 0) is 17.3 Å². The number of aromatic nitrogens is 1. The van der Waals surface area contributed by atoms with Gasteiger partial charge in [-0.2, -0.15) is 13.0 Å². The van der Waals surface area contributed by atoms with E-state index in [-0.39, 0.29) is 0 Å². The van der Waals surface area contributed by atoms with Crippen LogP contribution in [0.25, 0.3) is 22.2 Å². The Morgan fingerprint density at radius 1 is 1.05 bits per heavy atom. The summed E-state index contributed by atoms with van der Waals surface area (Å²) < 4.78 is 37.1. The molecule has 0 atom stereocenters. The molecule has 3 rings (SSSR count). The van der Waals surface area contributed by atoms with E-state index in [1.165, 1.54) is 12.1 Å². The first kappa shape index (κ1) is 14.9. The van der Waals surface area contributed by atoms with Gasteiger partial charge in [0.25, 0.3) is 0 Å². The maximum Gasteiger partial charge on any atom is 0.332 e. The first-order chi connectivity index (χ1) is 10.4. The number of halogens is 2. The standard InChI is InChI=1S/C16H12ClFNO2S/c1-19-15-8-7-12(22(18,20)21)9-13(15)14(17)10-16(19)11-5-3-2-4-6-11/h2-10H,1H3/q+1. The van der Waals surface area contributed by atoms with E-state index < -0.39 is 15.1 Å². The van der Waals surface area contributed by atoms with Crippen molar-refractivity contribution in [2.75, 3.05) is 0 Å². The van der Waals surface area contributed by atoms with Crippen LogP contribution in [0.2, 0.25) is 5.02 Å². The Bertz CT molecular complexity index is 972. The van der Waals surface area contributed by atoms with Crippen molar-refractivity contribution < 1.29 is 16.9 Å². The predicted molar refractivity (Wildman–Crippen MR) is 83.9 cm³/mol. The molecule has 22 heavy (non-hydrogen) atoms. The van der Waals surface area contributed by atoms with E-state index in [0.717, 1.165) is 16.8 Å². The monoisotopic (exact) mass is 336 g/mol. The van der Waals surface area contributed by atoms with Gasteiger partial charge in [-0.25, -0.2) is 0 Å². The number of fused-ring (bicyclic) bond motifs is 1. The molecular weight excluding hydrogens is 325 g/mol. The van der Waals surface area contributed by atoms with Crippen molar-refractivity contribution in [3.8, 4) is 11.3 Å². The summed E-state index contributed by atoms with van der Waals surface area (Å²) in [5, 5.41) is 0.861. The smallest absolute Gasteiger partial charge is 0.194 e. The summed E-state index contributed by atoms with van der Waals surface area (Å²) in [5.74, 6) is 0. The van der Waals surface area contributed by atoms with Crippen molar-refractivity contribution in [1.82, 2.24) is 0 Å². The summed E-state index contributed by atoms with van der Waals surface area (Å²) in [7, 11) is -2.90. The van der Waals surface area contributed by atoms with E-state index in [1.807, 2.05) is 41.9 Å². The van der Waals surface area contributed by atoms with Gasteiger partial charge in [-0.05, 0) is 24.3 Å². The third kappa shape index (κ3) is 2.58. The summed E-state index contributed by atoms with van der Waals surface area (Å²) >= 11 is 6.28. The second-order valence-corrected chi connectivity index (χ2v) is 6.67. The van der Waals surface area contributed by atoms with Gasteiger partial charge >= 0.3 is 10.2 Å². The van der Waals surface area contributed by atoms with Crippen molar-refractivity contribution in [2.24, 2.45) is 7.05 Å². The van der Waals surface area contributed by atoms with Crippen LogP contribution in [0.5, 0.6) is 0 Å². The number of nitrogens with zero attached hydrogens (tertiary/aromatic N) is 1. The van der Waals surface area contributed by atoms with E-state index in [4.69, 9.17) is 11.6 Å². The Kier molecular flexibility index (Phi) is 3.62. The normalized spacial score (nSPS) is 11.8. The first-order valence-corrected chi connectivity index (χ1v) is 8.26. The van der Waals surface area contributed by atoms with E-state index in [0.29, 0.717) is 10.4 Å². The lowest BCUT2D eigenvalue weighted by molar-refractivity contribution is -0.633. The molecule has 0 bridgehead atoms.